The molecule has 0 fully saturated rings. The van der Waals surface area contributed by atoms with Crippen LogP contribution in [0.3, 0.4) is 0 Å². The number of carbonyl (C=O) groups is 2. The Balaban J connectivity index is 1.75. The molecule has 3 aromatic carbocycles. The molecule has 1 aromatic heterocycles. The van der Waals surface area contributed by atoms with Crippen LogP contribution in [0, 0.1) is 0 Å². The minimum atomic E-state index is -1.98. The van der Waals surface area contributed by atoms with Gasteiger partial charge in [-0.3, -0.25) is 0 Å². The van der Waals surface area contributed by atoms with Gasteiger partial charge in [-0.25, -0.2) is 14.6 Å². The van der Waals surface area contributed by atoms with Crippen molar-refractivity contribution in [1.82, 2.24) is 4.98 Å². The fourth-order valence-electron chi connectivity index (χ4n) is 4.24. The van der Waals surface area contributed by atoms with Gasteiger partial charge in [0.2, 0.25) is 5.71 Å². The molecule has 2 N–H and O–H groups in total. The summed E-state index contributed by atoms with van der Waals surface area (Å²) in [6.45, 7) is 6.37. The lowest BCUT2D eigenvalue weighted by Gasteiger charge is -2.36. The predicted octanol–water partition coefficient (Wildman–Crippen LogP) is 6.06. The maximum Gasteiger partial charge on any atom is 0.382 e. The fourth-order valence-corrected chi connectivity index (χ4v) is 4.99. The van der Waals surface area contributed by atoms with E-state index in [0.29, 0.717) is 5.13 Å². The second-order valence-corrected chi connectivity index (χ2v) is 11.4. The van der Waals surface area contributed by atoms with Crippen molar-refractivity contribution in [2.45, 2.75) is 44.6 Å². The lowest BCUT2D eigenvalue weighted by Crippen LogP contribution is -2.44. The van der Waals surface area contributed by atoms with Crippen molar-refractivity contribution in [3.63, 3.8) is 0 Å². The van der Waals surface area contributed by atoms with Crippen LogP contribution in [-0.2, 0) is 29.4 Å². The van der Waals surface area contributed by atoms with E-state index >= 15 is 0 Å². The first kappa shape index (κ1) is 30.4. The van der Waals surface area contributed by atoms with Crippen LogP contribution in [-0.4, -0.2) is 46.2 Å². The van der Waals surface area contributed by atoms with Crippen molar-refractivity contribution in [1.29, 1.82) is 0 Å². The molecule has 0 saturated heterocycles. The number of rotatable bonds is 11. The zero-order valence-corrected chi connectivity index (χ0v) is 24.8. The molecule has 4 aromatic rings. The van der Waals surface area contributed by atoms with Gasteiger partial charge in [0.15, 0.2) is 5.13 Å². The van der Waals surface area contributed by atoms with Gasteiger partial charge < -0.3 is 24.7 Å². The molecule has 0 bridgehead atoms. The predicted molar refractivity (Wildman–Crippen MR) is 161 cm³/mol. The van der Waals surface area contributed by atoms with Gasteiger partial charge in [-0.15, -0.1) is 11.3 Å². The third kappa shape index (κ3) is 6.67. The van der Waals surface area contributed by atoms with Gasteiger partial charge in [0.25, 0.3) is 0 Å². The second-order valence-electron chi connectivity index (χ2n) is 10.5. The monoisotopic (exact) mass is 587 g/mol. The van der Waals surface area contributed by atoms with Gasteiger partial charge in [0, 0.05) is 19.4 Å². The van der Waals surface area contributed by atoms with E-state index in [2.05, 4.69) is 15.5 Å². The van der Waals surface area contributed by atoms with Gasteiger partial charge >= 0.3 is 17.7 Å². The number of hydrogen-bond acceptors (Lipinski definition) is 9. The highest BCUT2D eigenvalue weighted by atomic mass is 32.1. The number of nitrogens with zero attached hydrogens (tertiary/aromatic N) is 2. The Morgan fingerprint density at radius 2 is 1.31 bits per heavy atom. The van der Waals surface area contributed by atoms with Gasteiger partial charge in [0.1, 0.15) is 16.8 Å². The average molecular weight is 588 g/mol. The highest BCUT2D eigenvalue weighted by Gasteiger charge is 2.41. The molecule has 0 aliphatic heterocycles. The summed E-state index contributed by atoms with van der Waals surface area (Å²) in [7, 11) is 1.24. The van der Waals surface area contributed by atoms with Crippen LogP contribution < -0.4 is 5.32 Å². The number of aliphatic carboxylic acids is 1. The third-order valence-corrected chi connectivity index (χ3v) is 7.09. The van der Waals surface area contributed by atoms with E-state index in [4.69, 9.17) is 14.3 Å². The van der Waals surface area contributed by atoms with E-state index in [1.54, 1.807) is 26.2 Å². The molecule has 0 radical (unpaired) electrons. The molecule has 42 heavy (non-hydrogen) atoms. The molecule has 4 rings (SSSR count). The molecule has 10 heteroatoms. The summed E-state index contributed by atoms with van der Waals surface area (Å²) < 4.78 is 10.6. The van der Waals surface area contributed by atoms with Gasteiger partial charge in [0.05, 0.1) is 0 Å². The first-order valence-corrected chi connectivity index (χ1v) is 14.1. The lowest BCUT2D eigenvalue weighted by molar-refractivity contribution is -0.239. The topological polar surface area (TPSA) is 119 Å². The molecular weight excluding hydrogens is 554 g/mol. The summed E-state index contributed by atoms with van der Waals surface area (Å²) in [6, 6.07) is 29.8. The van der Waals surface area contributed by atoms with Crippen molar-refractivity contribution < 1.29 is 29.0 Å². The maximum atomic E-state index is 12.7. The van der Waals surface area contributed by atoms with Gasteiger partial charge in [-0.2, -0.15) is 0 Å². The number of thiazole rings is 1. The third-order valence-electron chi connectivity index (χ3n) is 6.33. The number of oxime groups is 1. The molecule has 0 saturated carbocycles. The maximum absolute atomic E-state index is 12.7. The van der Waals surface area contributed by atoms with Crippen molar-refractivity contribution in [3.8, 4) is 0 Å². The van der Waals surface area contributed by atoms with Crippen molar-refractivity contribution in [3.05, 3.63) is 119 Å². The number of ether oxygens (including phenoxy) is 2. The van der Waals surface area contributed by atoms with Crippen LogP contribution in [0.1, 0.15) is 50.1 Å². The fraction of sp³-hybridized carbons (Fsp3) is 0.250. The molecule has 1 unspecified atom stereocenters. The van der Waals surface area contributed by atoms with Gasteiger partial charge in [-0.05, 0) is 37.5 Å². The number of aromatic nitrogens is 1. The first-order chi connectivity index (χ1) is 20.0. The molecule has 0 amide bonds. The van der Waals surface area contributed by atoms with E-state index in [0.717, 1.165) is 16.7 Å². The number of hydrogen-bond donors (Lipinski definition) is 2. The normalized spacial score (nSPS) is 13.6. The first-order valence-electron chi connectivity index (χ1n) is 13.2. The van der Waals surface area contributed by atoms with Crippen LogP contribution in [0.5, 0.6) is 0 Å². The van der Waals surface area contributed by atoms with Crippen molar-refractivity contribution >= 4 is 34.1 Å². The van der Waals surface area contributed by atoms with E-state index in [9.17, 15) is 14.7 Å². The van der Waals surface area contributed by atoms with E-state index < -0.39 is 34.6 Å². The van der Waals surface area contributed by atoms with Crippen LogP contribution in [0.4, 0.5) is 5.13 Å². The molecule has 1 atom stereocenters. The summed E-state index contributed by atoms with van der Waals surface area (Å²) in [5, 5.41) is 19.4. The van der Waals surface area contributed by atoms with E-state index in [1.165, 1.54) is 25.4 Å². The largest absolute Gasteiger partial charge is 0.476 e. The summed E-state index contributed by atoms with van der Waals surface area (Å²) in [4.78, 5) is 34.8. The smallest absolute Gasteiger partial charge is 0.382 e. The number of carboxylic acids is 1. The molecule has 1 heterocycles. The summed E-state index contributed by atoms with van der Waals surface area (Å²) in [5.74, 6) is -4.23. The minimum absolute atomic E-state index is 0.0423. The Bertz CT molecular complexity index is 1440. The summed E-state index contributed by atoms with van der Waals surface area (Å²) in [6.07, 6.45) is 0. The number of carbonyl (C=O) groups excluding carboxylic acids is 1. The number of benzene rings is 3. The molecule has 0 aliphatic rings. The molecular formula is C32H33N3O6S. The summed E-state index contributed by atoms with van der Waals surface area (Å²) in [5.41, 5.74) is 0.740. The van der Waals surface area contributed by atoms with E-state index in [-0.39, 0.29) is 5.69 Å². The quantitative estimate of drug-likeness (QED) is 0.0715. The lowest BCUT2D eigenvalue weighted by atomic mass is 9.77. The molecule has 0 aliphatic carbocycles. The Labute approximate surface area is 248 Å². The SMILES string of the molecule is COC(C)(ON=C(C(=O)O)c1csc(NC(c2ccccc2)(c2ccccc2)c2ccccc2)n1)C(=O)OC(C)(C)C. The zero-order chi connectivity index (χ0) is 30.4. The molecule has 9 nitrogen and oxygen atoms in total. The number of carboxylic acid groups (broad SMARTS) is 1. The van der Waals surface area contributed by atoms with Crippen LogP contribution in [0.2, 0.25) is 0 Å². The number of methoxy groups -OCH3 is 1. The standard InChI is InChI=1S/C32H33N3O6S/c1-30(2,3)40-28(38)31(4,39-5)41-35-26(27(36)37)25-21-42-29(33-25)34-32(22-15-9-6-10-16-22,23-17-11-7-12-18-23)24-19-13-8-14-20-24/h6-21H,1-5H3,(H,33,34)(H,36,37). The Morgan fingerprint density at radius 1 is 0.833 bits per heavy atom. The zero-order valence-electron chi connectivity index (χ0n) is 24.0. The number of nitrogens with one attached hydrogen (secondary N) is 1. The van der Waals surface area contributed by atoms with Crippen LogP contribution >= 0.6 is 11.3 Å². The van der Waals surface area contributed by atoms with Crippen molar-refractivity contribution in [2.24, 2.45) is 5.16 Å². The van der Waals surface area contributed by atoms with Crippen LogP contribution in [0.25, 0.3) is 0 Å². The minimum Gasteiger partial charge on any atom is -0.476 e. The Hall–Kier alpha value is -4.54. The van der Waals surface area contributed by atoms with E-state index in [1.807, 2.05) is 91.0 Å². The highest BCUT2D eigenvalue weighted by Crippen LogP contribution is 2.40. The number of esters is 1. The number of anilines is 1. The summed E-state index contributed by atoms with van der Waals surface area (Å²) >= 11 is 1.21. The molecule has 218 valence electrons. The van der Waals surface area contributed by atoms with Crippen LogP contribution in [0.15, 0.2) is 102 Å². The van der Waals surface area contributed by atoms with Crippen molar-refractivity contribution in [2.75, 3.05) is 12.4 Å². The Morgan fingerprint density at radius 3 is 1.71 bits per heavy atom. The average Bonchev–Trinajstić information content (AvgIpc) is 3.44. The Kier molecular flexibility index (Phi) is 9.08. The van der Waals surface area contributed by atoms with Gasteiger partial charge in [-0.1, -0.05) is 96.2 Å². The second kappa shape index (κ2) is 12.5. The highest BCUT2D eigenvalue weighted by molar-refractivity contribution is 7.14. The molecule has 0 spiro atoms.